The van der Waals surface area contributed by atoms with Crippen molar-refractivity contribution in [1.82, 2.24) is 4.98 Å². The lowest BCUT2D eigenvalue weighted by Crippen LogP contribution is -1.86. The first-order chi connectivity index (χ1) is 7.29. The Morgan fingerprint density at radius 1 is 1.13 bits per heavy atom. The number of ether oxygens (including phenoxy) is 1. The Kier molecular flexibility index (Phi) is 2.63. The average molecular weight is 203 g/mol. The molecule has 2 nitrogen and oxygen atoms in total. The van der Waals surface area contributed by atoms with Gasteiger partial charge in [-0.2, -0.15) is 0 Å². The number of rotatable bonds is 2. The lowest BCUT2D eigenvalue weighted by Gasteiger charge is -2.02. The minimum atomic E-state index is -0.282. The van der Waals surface area contributed by atoms with Gasteiger partial charge in [0, 0.05) is 17.8 Å². The highest BCUT2D eigenvalue weighted by molar-refractivity contribution is 5.59. The highest BCUT2D eigenvalue weighted by atomic mass is 19.1. The molecule has 0 atom stereocenters. The number of halogens is 1. The van der Waals surface area contributed by atoms with Crippen LogP contribution in [0.3, 0.4) is 0 Å². The Bertz CT molecular complexity index is 453. The fourth-order valence-electron chi connectivity index (χ4n) is 1.32. The maximum atomic E-state index is 12.9. The summed E-state index contributed by atoms with van der Waals surface area (Å²) >= 11 is 0. The predicted octanol–water partition coefficient (Wildman–Crippen LogP) is 2.90. The predicted molar refractivity (Wildman–Crippen MR) is 56.2 cm³/mol. The fourth-order valence-corrected chi connectivity index (χ4v) is 1.32. The number of hydrogen-bond donors (Lipinski definition) is 0. The topological polar surface area (TPSA) is 22.1 Å². The molecule has 1 aromatic carbocycles. The zero-order valence-electron chi connectivity index (χ0n) is 8.27. The number of aromatic nitrogens is 1. The summed E-state index contributed by atoms with van der Waals surface area (Å²) in [5.74, 6) is 0.492. The Hall–Kier alpha value is -1.90. The Balaban J connectivity index is 2.37. The summed E-state index contributed by atoms with van der Waals surface area (Å²) < 4.78 is 18.0. The number of pyridine rings is 1. The molecular weight excluding hydrogens is 193 g/mol. The summed E-state index contributed by atoms with van der Waals surface area (Å²) in [5, 5.41) is 0. The van der Waals surface area contributed by atoms with Crippen LogP contribution < -0.4 is 4.74 Å². The normalized spacial score (nSPS) is 10.0. The molecule has 1 aromatic heterocycles. The van der Waals surface area contributed by atoms with Crippen molar-refractivity contribution in [2.24, 2.45) is 0 Å². The molecule has 0 N–H and O–H groups in total. The Morgan fingerprint density at radius 3 is 2.47 bits per heavy atom. The van der Waals surface area contributed by atoms with E-state index in [0.717, 1.165) is 11.3 Å². The van der Waals surface area contributed by atoms with E-state index in [1.807, 2.05) is 24.3 Å². The molecular formula is C12H10FNO. The minimum Gasteiger partial charge on any atom is -0.497 e. The number of methoxy groups -OCH3 is 1. The molecule has 0 radical (unpaired) electrons. The van der Waals surface area contributed by atoms with Crippen LogP contribution in [0.1, 0.15) is 0 Å². The highest BCUT2D eigenvalue weighted by Crippen LogP contribution is 2.20. The van der Waals surface area contributed by atoms with Crippen LogP contribution in [0.5, 0.6) is 5.75 Å². The Labute approximate surface area is 87.4 Å². The van der Waals surface area contributed by atoms with Crippen LogP contribution in [0.15, 0.2) is 42.6 Å². The average Bonchev–Trinajstić information content (AvgIpc) is 2.29. The third kappa shape index (κ3) is 2.13. The molecule has 15 heavy (non-hydrogen) atoms. The molecule has 0 fully saturated rings. The van der Waals surface area contributed by atoms with E-state index in [9.17, 15) is 4.39 Å². The zero-order chi connectivity index (χ0) is 10.7. The van der Waals surface area contributed by atoms with Gasteiger partial charge in [0.1, 0.15) is 11.6 Å². The zero-order valence-corrected chi connectivity index (χ0v) is 8.27. The second-order valence-electron chi connectivity index (χ2n) is 3.09. The van der Waals surface area contributed by atoms with Gasteiger partial charge in [0.05, 0.1) is 12.8 Å². The van der Waals surface area contributed by atoms with Crippen molar-refractivity contribution in [3.63, 3.8) is 0 Å². The molecule has 0 aliphatic carbocycles. The maximum Gasteiger partial charge on any atom is 0.126 e. The number of hydrogen-bond acceptors (Lipinski definition) is 2. The van der Waals surface area contributed by atoms with Crippen LogP contribution in [0.25, 0.3) is 11.3 Å². The number of benzene rings is 1. The van der Waals surface area contributed by atoms with E-state index in [1.165, 1.54) is 18.3 Å². The second-order valence-corrected chi connectivity index (χ2v) is 3.09. The van der Waals surface area contributed by atoms with Crippen molar-refractivity contribution in [1.29, 1.82) is 0 Å². The summed E-state index contributed by atoms with van der Waals surface area (Å²) in [6.07, 6.45) is 1.45. The first-order valence-electron chi connectivity index (χ1n) is 4.55. The minimum absolute atomic E-state index is 0.282. The van der Waals surface area contributed by atoms with Gasteiger partial charge in [0.15, 0.2) is 0 Å². The summed E-state index contributed by atoms with van der Waals surface area (Å²) in [4.78, 5) is 4.08. The van der Waals surface area contributed by atoms with Crippen LogP contribution in [0, 0.1) is 5.82 Å². The largest absolute Gasteiger partial charge is 0.497 e. The summed E-state index contributed by atoms with van der Waals surface area (Å²) in [7, 11) is 1.61. The molecule has 3 heteroatoms. The lowest BCUT2D eigenvalue weighted by atomic mass is 10.1. The highest BCUT2D eigenvalue weighted by Gasteiger charge is 2.00. The number of nitrogens with zero attached hydrogens (tertiary/aromatic N) is 1. The van der Waals surface area contributed by atoms with Gasteiger partial charge in [-0.05, 0) is 30.3 Å². The van der Waals surface area contributed by atoms with E-state index in [1.54, 1.807) is 7.11 Å². The molecule has 0 aliphatic heterocycles. The van der Waals surface area contributed by atoms with Crippen LogP contribution in [-0.2, 0) is 0 Å². The SMILES string of the molecule is COc1ccc(-c2cc(F)ccn2)cc1. The van der Waals surface area contributed by atoms with Gasteiger partial charge in [-0.15, -0.1) is 0 Å². The van der Waals surface area contributed by atoms with Gasteiger partial charge < -0.3 is 4.74 Å². The van der Waals surface area contributed by atoms with Gasteiger partial charge >= 0.3 is 0 Å². The molecule has 0 saturated carbocycles. The third-order valence-corrected chi connectivity index (χ3v) is 2.11. The van der Waals surface area contributed by atoms with Crippen LogP contribution in [0.4, 0.5) is 4.39 Å². The molecule has 0 saturated heterocycles. The van der Waals surface area contributed by atoms with Gasteiger partial charge in [-0.3, -0.25) is 4.98 Å². The fraction of sp³-hybridized carbons (Fsp3) is 0.0833. The van der Waals surface area contributed by atoms with Crippen LogP contribution >= 0.6 is 0 Å². The van der Waals surface area contributed by atoms with Gasteiger partial charge in [0.2, 0.25) is 0 Å². The molecule has 0 aliphatic rings. The third-order valence-electron chi connectivity index (χ3n) is 2.11. The van der Waals surface area contributed by atoms with Crippen LogP contribution in [-0.4, -0.2) is 12.1 Å². The molecule has 2 rings (SSSR count). The van der Waals surface area contributed by atoms with Crippen LogP contribution in [0.2, 0.25) is 0 Å². The monoisotopic (exact) mass is 203 g/mol. The van der Waals surface area contributed by atoms with Crippen molar-refractivity contribution in [3.8, 4) is 17.0 Å². The smallest absolute Gasteiger partial charge is 0.126 e. The second kappa shape index (κ2) is 4.09. The molecule has 0 unspecified atom stereocenters. The molecule has 0 amide bonds. The molecule has 76 valence electrons. The first kappa shape index (κ1) is 9.65. The molecule has 0 bridgehead atoms. The van der Waals surface area contributed by atoms with Crippen molar-refractivity contribution in [3.05, 3.63) is 48.4 Å². The van der Waals surface area contributed by atoms with Gasteiger partial charge in [-0.1, -0.05) is 0 Å². The quantitative estimate of drug-likeness (QED) is 0.748. The van der Waals surface area contributed by atoms with E-state index in [4.69, 9.17) is 4.74 Å². The lowest BCUT2D eigenvalue weighted by molar-refractivity contribution is 0.415. The van der Waals surface area contributed by atoms with E-state index in [0.29, 0.717) is 5.69 Å². The van der Waals surface area contributed by atoms with E-state index in [-0.39, 0.29) is 5.82 Å². The first-order valence-corrected chi connectivity index (χ1v) is 4.55. The van der Waals surface area contributed by atoms with Crippen molar-refractivity contribution in [2.75, 3.05) is 7.11 Å². The van der Waals surface area contributed by atoms with Crippen molar-refractivity contribution >= 4 is 0 Å². The summed E-state index contributed by atoms with van der Waals surface area (Å²) in [6.45, 7) is 0. The summed E-state index contributed by atoms with van der Waals surface area (Å²) in [5.41, 5.74) is 1.49. The van der Waals surface area contributed by atoms with E-state index in [2.05, 4.69) is 4.98 Å². The standard InChI is InChI=1S/C12H10FNO/c1-15-11-4-2-9(3-5-11)12-8-10(13)6-7-14-12/h2-8H,1H3. The van der Waals surface area contributed by atoms with Gasteiger partial charge in [-0.25, -0.2) is 4.39 Å². The molecule has 1 heterocycles. The van der Waals surface area contributed by atoms with Crippen molar-refractivity contribution < 1.29 is 9.13 Å². The van der Waals surface area contributed by atoms with E-state index < -0.39 is 0 Å². The Morgan fingerprint density at radius 2 is 1.87 bits per heavy atom. The molecule has 2 aromatic rings. The van der Waals surface area contributed by atoms with Gasteiger partial charge in [0.25, 0.3) is 0 Å². The maximum absolute atomic E-state index is 12.9. The molecule has 0 spiro atoms. The summed E-state index contributed by atoms with van der Waals surface area (Å²) in [6, 6.07) is 10.1. The van der Waals surface area contributed by atoms with E-state index >= 15 is 0 Å². The van der Waals surface area contributed by atoms with Crippen molar-refractivity contribution in [2.45, 2.75) is 0 Å².